The minimum Gasteiger partial charge on any atom is -0.497 e. The lowest BCUT2D eigenvalue weighted by Gasteiger charge is -2.34. The van der Waals surface area contributed by atoms with Crippen molar-refractivity contribution in [2.75, 3.05) is 33.3 Å². The highest BCUT2D eigenvalue weighted by Crippen LogP contribution is 2.25. The number of hydrogen-bond acceptors (Lipinski definition) is 5. The van der Waals surface area contributed by atoms with Crippen LogP contribution in [0, 0.1) is 0 Å². The summed E-state index contributed by atoms with van der Waals surface area (Å²) in [6.45, 7) is 1.83. The summed E-state index contributed by atoms with van der Waals surface area (Å²) in [6.07, 6.45) is 3.02. The number of aromatic amines is 1. The van der Waals surface area contributed by atoms with Gasteiger partial charge in [0.25, 0.3) is 11.8 Å². The first kappa shape index (κ1) is 17.8. The molecule has 4 rings (SSSR count). The zero-order valence-corrected chi connectivity index (χ0v) is 15.4. The summed E-state index contributed by atoms with van der Waals surface area (Å²) in [4.78, 5) is 28.8. The van der Waals surface area contributed by atoms with E-state index in [9.17, 15) is 9.59 Å². The normalized spacial score (nSPS) is 14.2. The fourth-order valence-electron chi connectivity index (χ4n) is 3.27. The van der Waals surface area contributed by atoms with E-state index in [4.69, 9.17) is 9.15 Å². The van der Waals surface area contributed by atoms with Crippen molar-refractivity contribution in [2.45, 2.75) is 0 Å². The molecular weight excluding hydrogens is 360 g/mol. The average molecular weight is 380 g/mol. The third-order valence-electron chi connectivity index (χ3n) is 4.83. The standard InChI is InChI=1S/C20H20N4O4/c1-27-15-6-4-14(5-7-15)18-16(13-21-22-18)19(25)23-8-10-24(11-9-23)20(26)17-3-2-12-28-17/h2-7,12-13H,8-11H2,1H3,(H,21,22). The second-order valence-electron chi connectivity index (χ2n) is 6.45. The van der Waals surface area contributed by atoms with Crippen molar-refractivity contribution in [1.29, 1.82) is 0 Å². The van der Waals surface area contributed by atoms with Crippen LogP contribution in [0.15, 0.2) is 53.3 Å². The van der Waals surface area contributed by atoms with E-state index in [0.29, 0.717) is 43.2 Å². The Morgan fingerprint density at radius 3 is 2.32 bits per heavy atom. The first-order chi connectivity index (χ1) is 13.7. The molecule has 3 aromatic rings. The number of nitrogens with one attached hydrogen (secondary N) is 1. The molecule has 1 saturated heterocycles. The number of rotatable bonds is 4. The number of hydrogen-bond donors (Lipinski definition) is 1. The fraction of sp³-hybridized carbons (Fsp3) is 0.250. The molecule has 28 heavy (non-hydrogen) atoms. The van der Waals surface area contributed by atoms with Crippen molar-refractivity contribution in [1.82, 2.24) is 20.0 Å². The van der Waals surface area contributed by atoms with Gasteiger partial charge in [0.1, 0.15) is 5.75 Å². The molecule has 1 aromatic carbocycles. The second-order valence-corrected chi connectivity index (χ2v) is 6.45. The third-order valence-corrected chi connectivity index (χ3v) is 4.83. The highest BCUT2D eigenvalue weighted by Gasteiger charge is 2.28. The number of H-pyrrole nitrogens is 1. The van der Waals surface area contributed by atoms with E-state index in [1.807, 2.05) is 24.3 Å². The maximum absolute atomic E-state index is 13.0. The maximum Gasteiger partial charge on any atom is 0.289 e. The summed E-state index contributed by atoms with van der Waals surface area (Å²) in [5.74, 6) is 0.800. The molecule has 2 aromatic heterocycles. The van der Waals surface area contributed by atoms with E-state index >= 15 is 0 Å². The minimum atomic E-state index is -0.153. The summed E-state index contributed by atoms with van der Waals surface area (Å²) in [6, 6.07) is 10.8. The number of ether oxygens (including phenoxy) is 1. The molecule has 8 nitrogen and oxygen atoms in total. The predicted octanol–water partition coefficient (Wildman–Crippen LogP) is 2.28. The van der Waals surface area contributed by atoms with Gasteiger partial charge in [0, 0.05) is 31.7 Å². The van der Waals surface area contributed by atoms with Gasteiger partial charge in [-0.1, -0.05) is 0 Å². The van der Waals surface area contributed by atoms with Gasteiger partial charge < -0.3 is 19.0 Å². The highest BCUT2D eigenvalue weighted by atomic mass is 16.5. The zero-order valence-electron chi connectivity index (χ0n) is 15.4. The number of carbonyl (C=O) groups excluding carboxylic acids is 2. The molecule has 0 unspecified atom stereocenters. The maximum atomic E-state index is 13.0. The number of piperazine rings is 1. The van der Waals surface area contributed by atoms with E-state index in [-0.39, 0.29) is 11.8 Å². The van der Waals surface area contributed by atoms with Crippen molar-refractivity contribution in [2.24, 2.45) is 0 Å². The number of methoxy groups -OCH3 is 1. The van der Waals surface area contributed by atoms with Gasteiger partial charge in [-0.05, 0) is 36.4 Å². The van der Waals surface area contributed by atoms with E-state index in [2.05, 4.69) is 10.2 Å². The lowest BCUT2D eigenvalue weighted by Crippen LogP contribution is -2.50. The summed E-state index contributed by atoms with van der Waals surface area (Å²) < 4.78 is 10.3. The number of amides is 2. The van der Waals surface area contributed by atoms with Gasteiger partial charge in [0.05, 0.1) is 30.8 Å². The van der Waals surface area contributed by atoms with E-state index in [0.717, 1.165) is 11.3 Å². The molecule has 8 heteroatoms. The fourth-order valence-corrected chi connectivity index (χ4v) is 3.27. The van der Waals surface area contributed by atoms with Gasteiger partial charge in [-0.2, -0.15) is 5.10 Å². The Balaban J connectivity index is 1.45. The molecule has 3 heterocycles. The van der Waals surface area contributed by atoms with E-state index in [1.54, 1.807) is 35.2 Å². The number of carbonyl (C=O) groups is 2. The molecule has 1 fully saturated rings. The Morgan fingerprint density at radius 1 is 1.04 bits per heavy atom. The van der Waals surface area contributed by atoms with Crippen molar-refractivity contribution >= 4 is 11.8 Å². The first-order valence-electron chi connectivity index (χ1n) is 8.97. The number of aromatic nitrogens is 2. The molecular formula is C20H20N4O4. The highest BCUT2D eigenvalue weighted by molar-refractivity contribution is 6.00. The molecule has 1 N–H and O–H groups in total. The predicted molar refractivity (Wildman–Crippen MR) is 101 cm³/mol. The Kier molecular flexibility index (Phi) is 4.84. The van der Waals surface area contributed by atoms with Gasteiger partial charge >= 0.3 is 0 Å². The van der Waals surface area contributed by atoms with Crippen molar-refractivity contribution in [3.05, 3.63) is 60.2 Å². The van der Waals surface area contributed by atoms with Gasteiger partial charge in [-0.25, -0.2) is 0 Å². The largest absolute Gasteiger partial charge is 0.497 e. The van der Waals surface area contributed by atoms with Crippen LogP contribution >= 0.6 is 0 Å². The van der Waals surface area contributed by atoms with Crippen LogP contribution in [0.4, 0.5) is 0 Å². The second kappa shape index (κ2) is 7.59. The van der Waals surface area contributed by atoms with E-state index in [1.165, 1.54) is 6.26 Å². The summed E-state index contributed by atoms with van der Waals surface area (Å²) in [7, 11) is 1.61. The van der Waals surface area contributed by atoms with Crippen LogP contribution in [-0.2, 0) is 0 Å². The van der Waals surface area contributed by atoms with Crippen LogP contribution in [0.3, 0.4) is 0 Å². The number of furan rings is 1. The van der Waals surface area contributed by atoms with Gasteiger partial charge in [0.2, 0.25) is 0 Å². The monoisotopic (exact) mass is 380 g/mol. The van der Waals surface area contributed by atoms with Crippen molar-refractivity contribution < 1.29 is 18.7 Å². The van der Waals surface area contributed by atoms with Crippen LogP contribution in [0.25, 0.3) is 11.3 Å². The SMILES string of the molecule is COc1ccc(-c2[nH]ncc2C(=O)N2CCN(C(=O)c3ccco3)CC2)cc1. The third kappa shape index (κ3) is 3.36. The van der Waals surface area contributed by atoms with Crippen LogP contribution in [-0.4, -0.2) is 65.1 Å². The molecule has 0 saturated carbocycles. The summed E-state index contributed by atoms with van der Waals surface area (Å²) >= 11 is 0. The molecule has 0 bridgehead atoms. The van der Waals surface area contributed by atoms with Gasteiger partial charge in [0.15, 0.2) is 5.76 Å². The van der Waals surface area contributed by atoms with Crippen molar-refractivity contribution in [3.8, 4) is 17.0 Å². The van der Waals surface area contributed by atoms with Crippen LogP contribution in [0.1, 0.15) is 20.9 Å². The van der Waals surface area contributed by atoms with Gasteiger partial charge in [-0.3, -0.25) is 14.7 Å². The molecule has 0 atom stereocenters. The Bertz CT molecular complexity index is 955. The molecule has 0 aliphatic carbocycles. The molecule has 2 amide bonds. The average Bonchev–Trinajstić information content (AvgIpc) is 3.45. The summed E-state index contributed by atoms with van der Waals surface area (Å²) in [5, 5.41) is 6.96. The number of nitrogens with zero attached hydrogens (tertiary/aromatic N) is 3. The Hall–Kier alpha value is -3.55. The summed E-state index contributed by atoms with van der Waals surface area (Å²) in [5.41, 5.74) is 2.03. The van der Waals surface area contributed by atoms with Crippen LogP contribution < -0.4 is 4.74 Å². The van der Waals surface area contributed by atoms with E-state index < -0.39 is 0 Å². The molecule has 0 radical (unpaired) electrons. The lowest BCUT2D eigenvalue weighted by molar-refractivity contribution is 0.0518. The Morgan fingerprint density at radius 2 is 1.71 bits per heavy atom. The Labute approximate surface area is 161 Å². The topological polar surface area (TPSA) is 91.7 Å². The van der Waals surface area contributed by atoms with Crippen LogP contribution in [0.2, 0.25) is 0 Å². The quantitative estimate of drug-likeness (QED) is 0.750. The van der Waals surface area contributed by atoms with Crippen molar-refractivity contribution in [3.63, 3.8) is 0 Å². The molecule has 144 valence electrons. The molecule has 1 aliphatic heterocycles. The van der Waals surface area contributed by atoms with Crippen LogP contribution in [0.5, 0.6) is 5.75 Å². The zero-order chi connectivity index (χ0) is 19.5. The lowest BCUT2D eigenvalue weighted by atomic mass is 10.1. The smallest absolute Gasteiger partial charge is 0.289 e. The molecule has 1 aliphatic rings. The first-order valence-corrected chi connectivity index (χ1v) is 8.97. The minimum absolute atomic E-state index is 0.107. The number of benzene rings is 1. The van der Waals surface area contributed by atoms with Gasteiger partial charge in [-0.15, -0.1) is 0 Å². The molecule has 0 spiro atoms.